The largest absolute Gasteiger partial charge is 0.465 e. The molecular weight excluding hydrogens is 454 g/mol. The summed E-state index contributed by atoms with van der Waals surface area (Å²) in [6.45, 7) is 4.36. The molecule has 1 amide bonds. The highest BCUT2D eigenvalue weighted by Crippen LogP contribution is 2.29. The molecule has 12 nitrogen and oxygen atoms in total. The van der Waals surface area contributed by atoms with Gasteiger partial charge in [0.25, 0.3) is 0 Å². The van der Waals surface area contributed by atoms with E-state index < -0.39 is 60.4 Å². The molecule has 12 heteroatoms. The van der Waals surface area contributed by atoms with Gasteiger partial charge < -0.3 is 33.7 Å². The second-order valence-corrected chi connectivity index (χ2v) is 7.35. The van der Waals surface area contributed by atoms with Crippen LogP contribution < -0.4 is 10.1 Å². The van der Waals surface area contributed by atoms with Gasteiger partial charge >= 0.3 is 23.9 Å². The zero-order chi connectivity index (χ0) is 25.4. The number of carbonyl (C=O) groups is 5. The first-order valence-electron chi connectivity index (χ1n) is 10.3. The summed E-state index contributed by atoms with van der Waals surface area (Å²) in [4.78, 5) is 58.6. The maximum Gasteiger partial charge on any atom is 0.337 e. The minimum absolute atomic E-state index is 0.242. The van der Waals surface area contributed by atoms with E-state index in [2.05, 4.69) is 10.1 Å². The monoisotopic (exact) mass is 481 g/mol. The van der Waals surface area contributed by atoms with Crippen molar-refractivity contribution in [3.63, 3.8) is 0 Å². The van der Waals surface area contributed by atoms with E-state index in [1.165, 1.54) is 45.2 Å². The average Bonchev–Trinajstić information content (AvgIpc) is 2.75. The van der Waals surface area contributed by atoms with Gasteiger partial charge in [-0.15, -0.1) is 0 Å². The number of ether oxygens (including phenoxy) is 6. The van der Waals surface area contributed by atoms with Crippen molar-refractivity contribution >= 4 is 29.8 Å². The van der Waals surface area contributed by atoms with E-state index in [1.807, 2.05) is 0 Å². The minimum Gasteiger partial charge on any atom is -0.465 e. The molecule has 1 fully saturated rings. The van der Waals surface area contributed by atoms with E-state index in [0.717, 1.165) is 13.8 Å². The molecule has 1 aliphatic rings. The van der Waals surface area contributed by atoms with Crippen LogP contribution in [0.1, 0.15) is 38.1 Å². The predicted molar refractivity (Wildman–Crippen MR) is 112 cm³/mol. The van der Waals surface area contributed by atoms with Crippen molar-refractivity contribution < 1.29 is 52.4 Å². The first-order chi connectivity index (χ1) is 16.0. The standard InChI is InChI=1S/C22H27NO11/c1-11(24)23-18-20(32-14(4)27)19(31-13(3)26)17(10-30-12(2)25)34-22(18)33-16-8-6-15(7-9-16)21(28)29-5/h6-9,17-20,22H,10H2,1-5H3,(H,23,24)/t17-,18+,19-,20+,22+/m1/s1. The van der Waals surface area contributed by atoms with Crippen molar-refractivity contribution in [3.8, 4) is 5.75 Å². The first kappa shape index (κ1) is 26.6. The Morgan fingerprint density at radius 3 is 1.97 bits per heavy atom. The van der Waals surface area contributed by atoms with Gasteiger partial charge in [-0.2, -0.15) is 0 Å². The SMILES string of the molecule is COC(=O)c1ccc(O[C@H]2O[C@H](COC(C)=O)[C@@H](OC(C)=O)[C@@H](OC(C)=O)[C@@H]2NC(C)=O)cc1. The summed E-state index contributed by atoms with van der Waals surface area (Å²) in [5.41, 5.74) is 0.276. The molecule has 5 atom stereocenters. The van der Waals surface area contributed by atoms with E-state index in [-0.39, 0.29) is 17.9 Å². The van der Waals surface area contributed by atoms with Crippen LogP contribution in [0.5, 0.6) is 5.75 Å². The molecule has 34 heavy (non-hydrogen) atoms. The minimum atomic E-state index is -1.26. The van der Waals surface area contributed by atoms with Crippen LogP contribution in [0.3, 0.4) is 0 Å². The Morgan fingerprint density at radius 2 is 1.47 bits per heavy atom. The third-order valence-electron chi connectivity index (χ3n) is 4.60. The zero-order valence-electron chi connectivity index (χ0n) is 19.4. The van der Waals surface area contributed by atoms with Crippen molar-refractivity contribution in [3.05, 3.63) is 29.8 Å². The van der Waals surface area contributed by atoms with Gasteiger partial charge in [-0.25, -0.2) is 4.79 Å². The number of methoxy groups -OCH3 is 1. The number of benzene rings is 1. The fraction of sp³-hybridized carbons (Fsp3) is 0.500. The third kappa shape index (κ3) is 7.44. The molecule has 1 aromatic carbocycles. The molecule has 0 bridgehead atoms. The van der Waals surface area contributed by atoms with Crippen molar-refractivity contribution in [2.75, 3.05) is 13.7 Å². The summed E-state index contributed by atoms with van der Waals surface area (Å²) >= 11 is 0. The lowest BCUT2D eigenvalue weighted by Crippen LogP contribution is -2.67. The molecule has 1 aliphatic heterocycles. The van der Waals surface area contributed by atoms with Crippen LogP contribution in [0, 0.1) is 0 Å². The van der Waals surface area contributed by atoms with Gasteiger partial charge in [0.05, 0.1) is 12.7 Å². The van der Waals surface area contributed by atoms with E-state index in [1.54, 1.807) is 0 Å². The smallest absolute Gasteiger partial charge is 0.337 e. The molecular formula is C22H27NO11. The summed E-state index contributed by atoms with van der Waals surface area (Å²) in [7, 11) is 1.25. The lowest BCUT2D eigenvalue weighted by atomic mass is 9.96. The number of carbonyl (C=O) groups excluding carboxylic acids is 5. The Bertz CT molecular complexity index is 914. The van der Waals surface area contributed by atoms with Gasteiger partial charge in [-0.3, -0.25) is 19.2 Å². The zero-order valence-corrected chi connectivity index (χ0v) is 19.4. The summed E-state index contributed by atoms with van der Waals surface area (Å²) < 4.78 is 32.2. The van der Waals surface area contributed by atoms with Crippen molar-refractivity contribution in [2.45, 2.75) is 58.3 Å². The van der Waals surface area contributed by atoms with Gasteiger partial charge in [0.15, 0.2) is 12.2 Å². The molecule has 0 aliphatic carbocycles. The highest BCUT2D eigenvalue weighted by Gasteiger charge is 2.51. The number of rotatable bonds is 8. The molecule has 186 valence electrons. The maximum absolute atomic E-state index is 11.9. The molecule has 0 unspecified atom stereocenters. The van der Waals surface area contributed by atoms with Crippen LogP contribution in [0.2, 0.25) is 0 Å². The van der Waals surface area contributed by atoms with Gasteiger partial charge in [-0.05, 0) is 24.3 Å². The molecule has 1 aromatic rings. The summed E-state index contributed by atoms with van der Waals surface area (Å²) in [5.74, 6) is -2.84. The van der Waals surface area contributed by atoms with Gasteiger partial charge in [0.1, 0.15) is 24.5 Å². The van der Waals surface area contributed by atoms with E-state index >= 15 is 0 Å². The fourth-order valence-electron chi connectivity index (χ4n) is 3.31. The molecule has 2 rings (SSSR count). The lowest BCUT2D eigenvalue weighted by molar-refractivity contribution is -0.257. The first-order valence-corrected chi connectivity index (χ1v) is 10.3. The summed E-state index contributed by atoms with van der Waals surface area (Å²) in [5, 5.41) is 2.60. The van der Waals surface area contributed by atoms with Crippen LogP contribution in [-0.4, -0.2) is 74.1 Å². The van der Waals surface area contributed by atoms with Crippen LogP contribution in [-0.2, 0) is 42.9 Å². The Labute approximate surface area is 195 Å². The average molecular weight is 481 g/mol. The van der Waals surface area contributed by atoms with Crippen LogP contribution in [0.25, 0.3) is 0 Å². The van der Waals surface area contributed by atoms with Crippen molar-refractivity contribution in [1.82, 2.24) is 5.32 Å². The van der Waals surface area contributed by atoms with E-state index in [0.29, 0.717) is 0 Å². The summed E-state index contributed by atoms with van der Waals surface area (Å²) in [6, 6.07) is 4.75. The number of hydrogen-bond acceptors (Lipinski definition) is 11. The molecule has 0 spiro atoms. The van der Waals surface area contributed by atoms with E-state index in [9.17, 15) is 24.0 Å². The molecule has 0 aromatic heterocycles. The van der Waals surface area contributed by atoms with Gasteiger partial charge in [0, 0.05) is 27.7 Å². The van der Waals surface area contributed by atoms with Crippen molar-refractivity contribution in [1.29, 1.82) is 0 Å². The quantitative estimate of drug-likeness (QED) is 0.408. The molecule has 1 saturated heterocycles. The fourth-order valence-corrected chi connectivity index (χ4v) is 3.31. The predicted octanol–water partition coefficient (Wildman–Crippen LogP) is 0.508. The second kappa shape index (κ2) is 12.0. The van der Waals surface area contributed by atoms with Crippen molar-refractivity contribution in [2.24, 2.45) is 0 Å². The third-order valence-corrected chi connectivity index (χ3v) is 4.60. The highest BCUT2D eigenvalue weighted by atomic mass is 16.7. The number of hydrogen-bond donors (Lipinski definition) is 1. The molecule has 0 saturated carbocycles. The normalized spacial score (nSPS) is 23.7. The topological polar surface area (TPSA) is 153 Å². The Hall–Kier alpha value is -3.67. The van der Waals surface area contributed by atoms with Gasteiger partial charge in [0.2, 0.25) is 12.2 Å². The molecule has 1 N–H and O–H groups in total. The van der Waals surface area contributed by atoms with Crippen LogP contribution in [0.15, 0.2) is 24.3 Å². The second-order valence-electron chi connectivity index (χ2n) is 7.35. The number of esters is 4. The Balaban J connectivity index is 2.42. The summed E-state index contributed by atoms with van der Waals surface area (Å²) in [6.07, 6.45) is -4.82. The van der Waals surface area contributed by atoms with Crippen LogP contribution >= 0.6 is 0 Å². The molecule has 0 radical (unpaired) electrons. The Kier molecular flexibility index (Phi) is 9.36. The van der Waals surface area contributed by atoms with E-state index in [4.69, 9.17) is 23.7 Å². The van der Waals surface area contributed by atoms with Gasteiger partial charge in [-0.1, -0.05) is 0 Å². The lowest BCUT2D eigenvalue weighted by Gasteiger charge is -2.44. The van der Waals surface area contributed by atoms with Crippen LogP contribution in [0.4, 0.5) is 0 Å². The maximum atomic E-state index is 11.9. The number of nitrogens with one attached hydrogen (secondary N) is 1. The molecule has 1 heterocycles. The Morgan fingerprint density at radius 1 is 0.882 bits per heavy atom. The number of amides is 1. The highest BCUT2D eigenvalue weighted by molar-refractivity contribution is 5.89.